The molecule has 0 saturated heterocycles. The molecule has 6 heteroatoms. The smallest absolute Gasteiger partial charge is 0.337 e. The molecule has 0 aromatic carbocycles. The summed E-state index contributed by atoms with van der Waals surface area (Å²) in [5, 5.41) is 17.5. The van der Waals surface area contributed by atoms with Gasteiger partial charge in [-0.1, -0.05) is 0 Å². The molecule has 0 unspecified atom stereocenters. The van der Waals surface area contributed by atoms with E-state index in [1.807, 2.05) is 11.9 Å². The molecular formula is C12H18N2O4. The number of nitrogens with zero attached hydrogens (tertiary/aromatic N) is 2. The highest BCUT2D eigenvalue weighted by Gasteiger charge is 2.10. The maximum atomic E-state index is 10.8. The maximum Gasteiger partial charge on any atom is 0.337 e. The molecule has 1 rings (SSSR count). The summed E-state index contributed by atoms with van der Waals surface area (Å²) in [5.74, 6) is -0.273. The van der Waals surface area contributed by atoms with Gasteiger partial charge >= 0.3 is 5.97 Å². The molecule has 0 bridgehead atoms. The van der Waals surface area contributed by atoms with Crippen molar-refractivity contribution in [2.75, 3.05) is 38.3 Å². The fourth-order valence-corrected chi connectivity index (χ4v) is 1.47. The summed E-state index contributed by atoms with van der Waals surface area (Å²) in [4.78, 5) is 17.0. The van der Waals surface area contributed by atoms with Crippen LogP contribution in [0.5, 0.6) is 0 Å². The minimum absolute atomic E-state index is 0.00831. The Balaban J connectivity index is 2.61. The monoisotopic (exact) mass is 254 g/mol. The van der Waals surface area contributed by atoms with Crippen LogP contribution in [0.1, 0.15) is 16.1 Å². The van der Waals surface area contributed by atoms with E-state index in [9.17, 15) is 4.79 Å². The predicted octanol–water partition coefficient (Wildman–Crippen LogP) is 0.533. The number of carbonyl (C=O) groups is 1. The third-order valence-corrected chi connectivity index (χ3v) is 2.50. The molecule has 0 spiro atoms. The molecule has 0 fully saturated rings. The number of pyridine rings is 1. The average molecular weight is 254 g/mol. The molecule has 0 aliphatic carbocycles. The minimum atomic E-state index is -0.972. The van der Waals surface area contributed by atoms with Crippen molar-refractivity contribution >= 4 is 11.8 Å². The highest BCUT2D eigenvalue weighted by molar-refractivity contribution is 5.89. The zero-order valence-corrected chi connectivity index (χ0v) is 10.6. The molecule has 18 heavy (non-hydrogen) atoms. The Hall–Kier alpha value is -1.66. The Morgan fingerprint density at radius 3 is 2.72 bits per heavy atom. The van der Waals surface area contributed by atoms with Crippen molar-refractivity contribution in [1.29, 1.82) is 0 Å². The van der Waals surface area contributed by atoms with Crippen LogP contribution in [-0.2, 0) is 4.74 Å². The van der Waals surface area contributed by atoms with Crippen LogP contribution in [0.15, 0.2) is 12.1 Å². The summed E-state index contributed by atoms with van der Waals surface area (Å²) in [6.45, 7) is 3.10. The molecule has 0 radical (unpaired) electrons. The van der Waals surface area contributed by atoms with Crippen LogP contribution >= 0.6 is 0 Å². The van der Waals surface area contributed by atoms with Gasteiger partial charge < -0.3 is 19.8 Å². The van der Waals surface area contributed by atoms with E-state index in [2.05, 4.69) is 4.98 Å². The number of hydrogen-bond acceptors (Lipinski definition) is 5. The fourth-order valence-electron chi connectivity index (χ4n) is 1.47. The number of aryl methyl sites for hydroxylation is 1. The summed E-state index contributed by atoms with van der Waals surface area (Å²) in [6, 6.07) is 3.22. The molecule has 0 aliphatic rings. The topological polar surface area (TPSA) is 82.9 Å². The van der Waals surface area contributed by atoms with E-state index < -0.39 is 5.97 Å². The number of hydrogen-bond donors (Lipinski definition) is 2. The van der Waals surface area contributed by atoms with Crippen LogP contribution in [0.3, 0.4) is 0 Å². The van der Waals surface area contributed by atoms with Gasteiger partial charge in [0.25, 0.3) is 0 Å². The lowest BCUT2D eigenvalue weighted by Crippen LogP contribution is -2.24. The maximum absolute atomic E-state index is 10.8. The quantitative estimate of drug-likeness (QED) is 0.691. The van der Waals surface area contributed by atoms with Gasteiger partial charge in [0, 0.05) is 13.6 Å². The van der Waals surface area contributed by atoms with Crippen molar-refractivity contribution in [1.82, 2.24) is 4.98 Å². The molecule has 0 atom stereocenters. The van der Waals surface area contributed by atoms with E-state index in [4.69, 9.17) is 14.9 Å². The third kappa shape index (κ3) is 3.97. The van der Waals surface area contributed by atoms with Crippen LogP contribution in [0.2, 0.25) is 0 Å². The Labute approximate surface area is 106 Å². The summed E-state index contributed by atoms with van der Waals surface area (Å²) in [6.07, 6.45) is 0. The van der Waals surface area contributed by atoms with E-state index >= 15 is 0 Å². The zero-order chi connectivity index (χ0) is 13.5. The number of ether oxygens (including phenoxy) is 1. The largest absolute Gasteiger partial charge is 0.478 e. The summed E-state index contributed by atoms with van der Waals surface area (Å²) < 4.78 is 5.15. The molecule has 6 nitrogen and oxygen atoms in total. The second kappa shape index (κ2) is 6.93. The fraction of sp³-hybridized carbons (Fsp3) is 0.500. The van der Waals surface area contributed by atoms with E-state index in [1.54, 1.807) is 19.1 Å². The average Bonchev–Trinajstić information content (AvgIpc) is 2.33. The van der Waals surface area contributed by atoms with E-state index in [0.29, 0.717) is 31.3 Å². The first kappa shape index (κ1) is 14.4. The summed E-state index contributed by atoms with van der Waals surface area (Å²) in [7, 11) is 1.85. The van der Waals surface area contributed by atoms with Crippen LogP contribution in [-0.4, -0.2) is 54.6 Å². The van der Waals surface area contributed by atoms with Crippen molar-refractivity contribution in [3.05, 3.63) is 23.4 Å². The van der Waals surface area contributed by atoms with Crippen LogP contribution < -0.4 is 4.90 Å². The number of aromatic nitrogens is 1. The number of likely N-dealkylation sites (N-methyl/N-ethyl adjacent to an activating group) is 1. The minimum Gasteiger partial charge on any atom is -0.478 e. The molecule has 1 heterocycles. The highest BCUT2D eigenvalue weighted by Crippen LogP contribution is 2.13. The van der Waals surface area contributed by atoms with E-state index in [1.165, 1.54) is 0 Å². The number of aromatic carboxylic acids is 1. The number of carboxylic acid groups (broad SMARTS) is 1. The van der Waals surface area contributed by atoms with E-state index in [0.717, 1.165) is 0 Å². The molecule has 0 saturated carbocycles. The van der Waals surface area contributed by atoms with Gasteiger partial charge in [-0.25, -0.2) is 9.78 Å². The van der Waals surface area contributed by atoms with Gasteiger partial charge in [-0.05, 0) is 19.1 Å². The molecule has 0 amide bonds. The van der Waals surface area contributed by atoms with Crippen LogP contribution in [0.25, 0.3) is 0 Å². The van der Waals surface area contributed by atoms with Gasteiger partial charge in [-0.15, -0.1) is 0 Å². The normalized spacial score (nSPS) is 10.4. The number of carboxylic acids is 1. The second-order valence-corrected chi connectivity index (χ2v) is 3.87. The highest BCUT2D eigenvalue weighted by atomic mass is 16.5. The third-order valence-electron chi connectivity index (χ3n) is 2.50. The molecule has 1 aromatic heterocycles. The lowest BCUT2D eigenvalue weighted by atomic mass is 10.2. The van der Waals surface area contributed by atoms with Gasteiger partial charge in [0.05, 0.1) is 31.1 Å². The summed E-state index contributed by atoms with van der Waals surface area (Å²) in [5.41, 5.74) is 0.701. The van der Waals surface area contributed by atoms with Crippen molar-refractivity contribution in [2.24, 2.45) is 0 Å². The second-order valence-electron chi connectivity index (χ2n) is 3.87. The first-order valence-corrected chi connectivity index (χ1v) is 5.67. The van der Waals surface area contributed by atoms with Crippen LogP contribution in [0.4, 0.5) is 5.82 Å². The number of aliphatic hydroxyl groups excluding tert-OH is 1. The Bertz CT molecular complexity index is 409. The molecule has 1 aromatic rings. The van der Waals surface area contributed by atoms with E-state index in [-0.39, 0.29) is 12.2 Å². The predicted molar refractivity (Wildman–Crippen MR) is 67.1 cm³/mol. The Kier molecular flexibility index (Phi) is 5.54. The van der Waals surface area contributed by atoms with Crippen molar-refractivity contribution < 1.29 is 19.7 Å². The van der Waals surface area contributed by atoms with Gasteiger partial charge in [-0.3, -0.25) is 0 Å². The van der Waals surface area contributed by atoms with Gasteiger partial charge in [0.1, 0.15) is 5.82 Å². The van der Waals surface area contributed by atoms with Gasteiger partial charge in [0.15, 0.2) is 0 Å². The van der Waals surface area contributed by atoms with Gasteiger partial charge in [0.2, 0.25) is 0 Å². The lowest BCUT2D eigenvalue weighted by Gasteiger charge is -2.18. The molecule has 0 aliphatic heterocycles. The first-order valence-electron chi connectivity index (χ1n) is 5.67. The summed E-state index contributed by atoms with van der Waals surface area (Å²) >= 11 is 0. The number of anilines is 1. The lowest BCUT2D eigenvalue weighted by molar-refractivity contribution is 0.0695. The SMILES string of the molecule is Cc1nc(N(C)CCOCCO)ccc1C(=O)O. The molecule has 2 N–H and O–H groups in total. The Morgan fingerprint density at radius 2 is 2.17 bits per heavy atom. The first-order chi connectivity index (χ1) is 8.56. The van der Waals surface area contributed by atoms with Crippen LogP contribution in [0, 0.1) is 6.92 Å². The standard InChI is InChI=1S/C12H18N2O4/c1-9-10(12(16)17)3-4-11(13-9)14(2)5-7-18-8-6-15/h3-4,15H,5-8H2,1-2H3,(H,16,17). The Morgan fingerprint density at radius 1 is 1.44 bits per heavy atom. The van der Waals surface area contributed by atoms with Gasteiger partial charge in [-0.2, -0.15) is 0 Å². The van der Waals surface area contributed by atoms with Crippen molar-refractivity contribution in [3.8, 4) is 0 Å². The zero-order valence-electron chi connectivity index (χ0n) is 10.6. The number of aliphatic hydroxyl groups is 1. The molecular weight excluding hydrogens is 236 g/mol. The number of rotatable bonds is 7. The van der Waals surface area contributed by atoms with Crippen molar-refractivity contribution in [3.63, 3.8) is 0 Å². The van der Waals surface area contributed by atoms with Crippen molar-refractivity contribution in [2.45, 2.75) is 6.92 Å². The molecule has 100 valence electrons.